The molecule has 2 aliphatic rings. The summed E-state index contributed by atoms with van der Waals surface area (Å²) < 4.78 is 8.09. The van der Waals surface area contributed by atoms with E-state index in [4.69, 9.17) is 10.5 Å². The highest BCUT2D eigenvalue weighted by Gasteiger charge is 2.31. The van der Waals surface area contributed by atoms with Crippen LogP contribution in [0.25, 0.3) is 11.0 Å². The van der Waals surface area contributed by atoms with Crippen LogP contribution in [0.1, 0.15) is 55.4 Å². The molecule has 28 heavy (non-hydrogen) atoms. The highest BCUT2D eigenvalue weighted by Crippen LogP contribution is 2.39. The lowest BCUT2D eigenvalue weighted by Gasteiger charge is -2.29. The van der Waals surface area contributed by atoms with Crippen molar-refractivity contribution in [2.45, 2.75) is 44.2 Å². The first-order valence-corrected chi connectivity index (χ1v) is 9.94. The van der Waals surface area contributed by atoms with Gasteiger partial charge in [0.1, 0.15) is 18.1 Å². The number of aromatic amines is 1. The van der Waals surface area contributed by atoms with Gasteiger partial charge in [0.2, 0.25) is 5.88 Å². The fourth-order valence-corrected chi connectivity index (χ4v) is 4.59. The Hall–Kier alpha value is -2.87. The molecule has 146 valence electrons. The molecule has 3 aromatic rings. The van der Waals surface area contributed by atoms with Gasteiger partial charge in [0.15, 0.2) is 0 Å². The molecule has 0 amide bonds. The standard InChI is InChI=1S/C20H24N6O2/c21-17-15-16(22-9-10-28-19(15)25-20(27)24-17)14-11-12-5-4-8-23-18(12)26(14)13-6-2-1-3-7-13/h4-5,8,11,13,16,22H,1-3,6-7,9-10H2,(H3,21,24,25,27). The lowest BCUT2D eigenvalue weighted by molar-refractivity contribution is 0.311. The second kappa shape index (κ2) is 6.94. The molecule has 0 aromatic carbocycles. The van der Waals surface area contributed by atoms with Crippen LogP contribution in [0.2, 0.25) is 0 Å². The first kappa shape index (κ1) is 17.2. The van der Waals surface area contributed by atoms with E-state index in [0.717, 1.165) is 29.6 Å². The summed E-state index contributed by atoms with van der Waals surface area (Å²) in [5.41, 5.74) is 8.50. The van der Waals surface area contributed by atoms with Crippen LogP contribution < -0.4 is 21.5 Å². The Balaban J connectivity index is 1.72. The number of ether oxygens (including phenoxy) is 1. The van der Waals surface area contributed by atoms with E-state index in [0.29, 0.717) is 36.5 Å². The molecular weight excluding hydrogens is 356 g/mol. The molecule has 0 radical (unpaired) electrons. The Kier molecular flexibility index (Phi) is 4.27. The average Bonchev–Trinajstić information content (AvgIpc) is 2.95. The number of rotatable bonds is 2. The van der Waals surface area contributed by atoms with E-state index in [1.165, 1.54) is 19.3 Å². The molecule has 3 aromatic heterocycles. The molecule has 1 atom stereocenters. The molecule has 8 heteroatoms. The summed E-state index contributed by atoms with van der Waals surface area (Å²) in [7, 11) is 0. The number of nitrogens with two attached hydrogens (primary N) is 1. The molecule has 8 nitrogen and oxygen atoms in total. The minimum atomic E-state index is -0.494. The quantitative estimate of drug-likeness (QED) is 0.629. The normalized spacial score (nSPS) is 20.5. The van der Waals surface area contributed by atoms with E-state index in [1.54, 1.807) is 0 Å². The molecule has 1 aliphatic carbocycles. The maximum atomic E-state index is 11.8. The van der Waals surface area contributed by atoms with Gasteiger partial charge in [-0.15, -0.1) is 0 Å². The number of anilines is 1. The Morgan fingerprint density at radius 2 is 2.11 bits per heavy atom. The number of nitrogens with zero attached hydrogens (tertiary/aromatic N) is 3. The molecule has 4 N–H and O–H groups in total. The van der Waals surface area contributed by atoms with Crippen molar-refractivity contribution in [2.75, 3.05) is 18.9 Å². The number of fused-ring (bicyclic) bond motifs is 2. The van der Waals surface area contributed by atoms with Crippen molar-refractivity contribution in [3.05, 3.63) is 46.1 Å². The van der Waals surface area contributed by atoms with Gasteiger partial charge in [0.25, 0.3) is 0 Å². The van der Waals surface area contributed by atoms with Crippen LogP contribution in [0.5, 0.6) is 5.88 Å². The predicted molar refractivity (Wildman–Crippen MR) is 106 cm³/mol. The third kappa shape index (κ3) is 2.84. The van der Waals surface area contributed by atoms with Gasteiger partial charge >= 0.3 is 5.69 Å². The van der Waals surface area contributed by atoms with Crippen molar-refractivity contribution < 1.29 is 4.74 Å². The lowest BCUT2D eigenvalue weighted by atomic mass is 9.94. The van der Waals surface area contributed by atoms with Crippen molar-refractivity contribution in [3.63, 3.8) is 0 Å². The molecule has 4 heterocycles. The summed E-state index contributed by atoms with van der Waals surface area (Å²) in [4.78, 5) is 23.2. The van der Waals surface area contributed by atoms with Gasteiger partial charge in [-0.3, -0.25) is 4.98 Å². The predicted octanol–water partition coefficient (Wildman–Crippen LogP) is 2.28. The summed E-state index contributed by atoms with van der Waals surface area (Å²) in [6.45, 7) is 1.07. The largest absolute Gasteiger partial charge is 0.476 e. The third-order valence-corrected chi connectivity index (χ3v) is 5.81. The lowest BCUT2D eigenvalue weighted by Crippen LogP contribution is -2.29. The summed E-state index contributed by atoms with van der Waals surface area (Å²) >= 11 is 0. The highest BCUT2D eigenvalue weighted by atomic mass is 16.5. The van der Waals surface area contributed by atoms with Gasteiger partial charge in [0, 0.05) is 29.9 Å². The molecule has 0 saturated heterocycles. The van der Waals surface area contributed by atoms with E-state index < -0.39 is 5.69 Å². The summed E-state index contributed by atoms with van der Waals surface area (Å²) in [5.74, 6) is 0.604. The number of H-pyrrole nitrogens is 1. The van der Waals surface area contributed by atoms with Crippen LogP contribution in [0, 0.1) is 0 Å². The van der Waals surface area contributed by atoms with Crippen LogP contribution in [0.4, 0.5) is 5.82 Å². The molecule has 5 rings (SSSR count). The maximum absolute atomic E-state index is 11.8. The molecule has 0 spiro atoms. The molecular formula is C20H24N6O2. The van der Waals surface area contributed by atoms with Gasteiger partial charge in [-0.05, 0) is 31.0 Å². The van der Waals surface area contributed by atoms with Crippen LogP contribution in [-0.4, -0.2) is 32.7 Å². The van der Waals surface area contributed by atoms with Crippen LogP contribution >= 0.6 is 0 Å². The summed E-state index contributed by atoms with van der Waals surface area (Å²) in [6.07, 6.45) is 7.87. The number of pyridine rings is 1. The van der Waals surface area contributed by atoms with Gasteiger partial charge in [-0.1, -0.05) is 19.3 Å². The second-order valence-electron chi connectivity index (χ2n) is 7.56. The topological polar surface area (TPSA) is 111 Å². The number of aromatic nitrogens is 4. The highest BCUT2D eigenvalue weighted by molar-refractivity contribution is 5.78. The minimum Gasteiger partial charge on any atom is -0.476 e. The fraction of sp³-hybridized carbons (Fsp3) is 0.450. The molecule has 0 bridgehead atoms. The summed E-state index contributed by atoms with van der Waals surface area (Å²) in [6, 6.07) is 6.41. The smallest absolute Gasteiger partial charge is 0.349 e. The van der Waals surface area contributed by atoms with Crippen molar-refractivity contribution in [2.24, 2.45) is 0 Å². The zero-order chi connectivity index (χ0) is 19.1. The van der Waals surface area contributed by atoms with Crippen molar-refractivity contribution in [3.8, 4) is 5.88 Å². The van der Waals surface area contributed by atoms with E-state index in [2.05, 4.69) is 37.0 Å². The molecule has 1 fully saturated rings. The van der Waals surface area contributed by atoms with Crippen molar-refractivity contribution >= 4 is 16.9 Å². The average molecular weight is 380 g/mol. The third-order valence-electron chi connectivity index (χ3n) is 5.81. The van der Waals surface area contributed by atoms with Gasteiger partial charge < -0.3 is 20.4 Å². The second-order valence-corrected chi connectivity index (χ2v) is 7.56. The van der Waals surface area contributed by atoms with Gasteiger partial charge in [-0.2, -0.15) is 4.98 Å². The molecule has 1 saturated carbocycles. The molecule has 1 aliphatic heterocycles. The number of hydrogen-bond acceptors (Lipinski definition) is 6. The van der Waals surface area contributed by atoms with Crippen LogP contribution in [0.15, 0.2) is 29.2 Å². The Morgan fingerprint density at radius 1 is 1.25 bits per heavy atom. The van der Waals surface area contributed by atoms with Crippen molar-refractivity contribution in [1.29, 1.82) is 0 Å². The number of hydrogen-bond donors (Lipinski definition) is 3. The monoisotopic (exact) mass is 380 g/mol. The maximum Gasteiger partial charge on any atom is 0.349 e. The van der Waals surface area contributed by atoms with Gasteiger partial charge in [-0.25, -0.2) is 9.78 Å². The first-order valence-electron chi connectivity index (χ1n) is 9.94. The van der Waals surface area contributed by atoms with E-state index in [-0.39, 0.29) is 6.04 Å². The Labute approximate surface area is 162 Å². The van der Waals surface area contributed by atoms with E-state index >= 15 is 0 Å². The molecule has 1 unspecified atom stereocenters. The Bertz CT molecular complexity index is 1070. The number of nitrogen functional groups attached to an aromatic ring is 1. The first-order chi connectivity index (χ1) is 13.7. The minimum absolute atomic E-state index is 0.224. The zero-order valence-electron chi connectivity index (χ0n) is 15.6. The fourth-order valence-electron chi connectivity index (χ4n) is 4.59. The van der Waals surface area contributed by atoms with Crippen LogP contribution in [0.3, 0.4) is 0 Å². The van der Waals surface area contributed by atoms with E-state index in [1.807, 2.05) is 12.3 Å². The van der Waals surface area contributed by atoms with Crippen molar-refractivity contribution in [1.82, 2.24) is 24.8 Å². The van der Waals surface area contributed by atoms with E-state index in [9.17, 15) is 4.79 Å². The number of nitrogens with one attached hydrogen (secondary N) is 2. The SMILES string of the molecule is Nc1[nH]c(=O)nc2c1C(c1cc3cccnc3n1C1CCCCC1)NCCO2. The van der Waals surface area contributed by atoms with Crippen LogP contribution in [-0.2, 0) is 0 Å². The summed E-state index contributed by atoms with van der Waals surface area (Å²) in [5, 5.41) is 4.64. The zero-order valence-corrected chi connectivity index (χ0v) is 15.6. The van der Waals surface area contributed by atoms with Gasteiger partial charge in [0.05, 0.1) is 11.6 Å². The Morgan fingerprint density at radius 3 is 2.96 bits per heavy atom.